The van der Waals surface area contributed by atoms with Crippen LogP contribution in [-0.2, 0) is 22.5 Å². The van der Waals surface area contributed by atoms with Crippen LogP contribution >= 0.6 is 23.2 Å². The van der Waals surface area contributed by atoms with Crippen LogP contribution in [0.3, 0.4) is 0 Å². The van der Waals surface area contributed by atoms with E-state index < -0.39 is 17.3 Å². The van der Waals surface area contributed by atoms with E-state index in [0.717, 1.165) is 10.2 Å². The Bertz CT molecular complexity index is 1450. The van der Waals surface area contributed by atoms with Gasteiger partial charge in [0, 0.05) is 21.2 Å². The average Bonchev–Trinajstić information content (AvgIpc) is 2.86. The molecule has 0 radical (unpaired) electrons. The number of Topliss-reactive ketones (excluding diaryl/α,β-unsaturated/α-hetero) is 1. The van der Waals surface area contributed by atoms with E-state index in [-0.39, 0.29) is 25.1 Å². The fraction of sp³-hybridized carbons (Fsp3) is 0.143. The molecule has 0 saturated carbocycles. The van der Waals surface area contributed by atoms with Crippen LogP contribution in [0.1, 0.15) is 22.8 Å². The first-order valence-electron chi connectivity index (χ1n) is 11.2. The van der Waals surface area contributed by atoms with Crippen molar-refractivity contribution in [2.24, 2.45) is 0 Å². The van der Waals surface area contributed by atoms with Gasteiger partial charge in [-0.2, -0.15) is 5.10 Å². The van der Waals surface area contributed by atoms with Gasteiger partial charge >= 0.3 is 5.97 Å². The smallest absolute Gasteiger partial charge is 0.310 e. The minimum Gasteiger partial charge on any atom is -0.463 e. The molecule has 0 aliphatic heterocycles. The zero-order chi connectivity index (χ0) is 25.7. The molecule has 0 amide bonds. The summed E-state index contributed by atoms with van der Waals surface area (Å²) in [6.45, 7) is 1.25. The van der Waals surface area contributed by atoms with Gasteiger partial charge in [0.25, 0.3) is 5.56 Å². The van der Waals surface area contributed by atoms with Crippen molar-refractivity contribution in [3.63, 3.8) is 0 Å². The molecule has 0 spiro atoms. The minimum atomic E-state index is -0.565. The van der Waals surface area contributed by atoms with E-state index in [0.29, 0.717) is 32.4 Å². The molecule has 0 saturated heterocycles. The SMILES string of the molecule is CC(=O)c1c(-c2ccc(Cl)cc2)c(-c2ccc(Cl)cc2)nn(CCOC(=O)Cc2ccccc2)c1=O. The number of halogens is 2. The summed E-state index contributed by atoms with van der Waals surface area (Å²) in [6.07, 6.45) is 0.118. The van der Waals surface area contributed by atoms with Crippen LogP contribution in [0.15, 0.2) is 83.7 Å². The molecular formula is C28H22Cl2N2O4. The molecule has 182 valence electrons. The summed E-state index contributed by atoms with van der Waals surface area (Å²) < 4.78 is 6.50. The Morgan fingerprint density at radius 1 is 0.861 bits per heavy atom. The summed E-state index contributed by atoms with van der Waals surface area (Å²) in [4.78, 5) is 38.3. The Labute approximate surface area is 218 Å². The lowest BCUT2D eigenvalue weighted by atomic mass is 9.94. The van der Waals surface area contributed by atoms with Crippen molar-refractivity contribution < 1.29 is 14.3 Å². The second-order valence-electron chi connectivity index (χ2n) is 8.08. The Balaban J connectivity index is 1.72. The first-order chi connectivity index (χ1) is 17.3. The van der Waals surface area contributed by atoms with Gasteiger partial charge in [-0.1, -0.05) is 77.8 Å². The highest BCUT2D eigenvalue weighted by Crippen LogP contribution is 2.33. The third-order valence-corrected chi connectivity index (χ3v) is 6.02. The van der Waals surface area contributed by atoms with Gasteiger partial charge in [0.2, 0.25) is 0 Å². The number of nitrogens with zero attached hydrogens (tertiary/aromatic N) is 2. The molecule has 0 fully saturated rings. The quantitative estimate of drug-likeness (QED) is 0.214. The third kappa shape index (κ3) is 5.90. The highest BCUT2D eigenvalue weighted by Gasteiger charge is 2.23. The first kappa shape index (κ1) is 25.4. The summed E-state index contributed by atoms with van der Waals surface area (Å²) in [5.74, 6) is -0.825. The van der Waals surface area contributed by atoms with Gasteiger partial charge in [0.05, 0.1) is 24.2 Å². The Hall–Kier alpha value is -3.74. The molecule has 1 heterocycles. The summed E-state index contributed by atoms with van der Waals surface area (Å²) in [7, 11) is 0. The van der Waals surface area contributed by atoms with Crippen LogP contribution in [0.5, 0.6) is 0 Å². The molecule has 4 aromatic rings. The zero-order valence-corrected chi connectivity index (χ0v) is 20.9. The summed E-state index contributed by atoms with van der Waals surface area (Å²) >= 11 is 12.1. The number of hydrogen-bond donors (Lipinski definition) is 0. The van der Waals surface area contributed by atoms with Gasteiger partial charge in [-0.3, -0.25) is 14.4 Å². The molecule has 0 N–H and O–H groups in total. The van der Waals surface area contributed by atoms with Gasteiger partial charge in [-0.25, -0.2) is 4.68 Å². The van der Waals surface area contributed by atoms with Gasteiger partial charge in [0.1, 0.15) is 6.61 Å². The summed E-state index contributed by atoms with van der Waals surface area (Å²) in [5, 5.41) is 5.64. The Morgan fingerprint density at radius 2 is 1.44 bits per heavy atom. The number of carbonyl (C=O) groups excluding carboxylic acids is 2. The van der Waals surface area contributed by atoms with Crippen LogP contribution in [0.2, 0.25) is 10.0 Å². The molecule has 36 heavy (non-hydrogen) atoms. The summed E-state index contributed by atoms with van der Waals surface area (Å²) in [6, 6.07) is 23.0. The molecule has 4 rings (SSSR count). The Morgan fingerprint density at radius 3 is 2.03 bits per heavy atom. The first-order valence-corrected chi connectivity index (χ1v) is 12.0. The molecule has 0 aliphatic carbocycles. The molecule has 0 bridgehead atoms. The number of benzene rings is 3. The molecule has 3 aromatic carbocycles. The molecule has 6 nitrogen and oxygen atoms in total. The van der Waals surface area contributed by atoms with E-state index in [2.05, 4.69) is 5.10 Å². The molecule has 8 heteroatoms. The van der Waals surface area contributed by atoms with Gasteiger partial charge < -0.3 is 4.74 Å². The third-order valence-electron chi connectivity index (χ3n) is 5.52. The maximum Gasteiger partial charge on any atom is 0.310 e. The van der Waals surface area contributed by atoms with E-state index in [9.17, 15) is 14.4 Å². The second kappa shape index (κ2) is 11.3. The number of ketones is 1. The summed E-state index contributed by atoms with van der Waals surface area (Å²) in [5.41, 5.74) is 2.38. The minimum absolute atomic E-state index is 0.00659. The van der Waals surface area contributed by atoms with Gasteiger partial charge in [-0.15, -0.1) is 0 Å². The highest BCUT2D eigenvalue weighted by atomic mass is 35.5. The van der Waals surface area contributed by atoms with Gasteiger partial charge in [0.15, 0.2) is 5.78 Å². The van der Waals surface area contributed by atoms with Crippen molar-refractivity contribution in [2.75, 3.05) is 6.61 Å². The van der Waals surface area contributed by atoms with E-state index in [1.807, 2.05) is 30.3 Å². The number of rotatable bonds is 8. The van der Waals surface area contributed by atoms with Crippen LogP contribution in [0.25, 0.3) is 22.4 Å². The Kier molecular flexibility index (Phi) is 7.98. The number of hydrogen-bond acceptors (Lipinski definition) is 5. The average molecular weight is 521 g/mol. The molecular weight excluding hydrogens is 499 g/mol. The number of carbonyl (C=O) groups is 2. The predicted octanol–water partition coefficient (Wildman–Crippen LogP) is 5.87. The molecule has 0 atom stereocenters. The molecule has 1 aromatic heterocycles. The van der Waals surface area contributed by atoms with Crippen molar-refractivity contribution in [2.45, 2.75) is 19.9 Å². The molecule has 0 aliphatic rings. The van der Waals surface area contributed by atoms with Crippen LogP contribution < -0.4 is 5.56 Å². The lowest BCUT2D eigenvalue weighted by Crippen LogP contribution is -2.31. The maximum atomic E-state index is 13.4. The standard InChI is InChI=1S/C28H22Cl2N2O4/c1-18(33)25-26(20-7-11-22(29)12-8-20)27(21-9-13-23(30)14-10-21)31-32(28(25)35)15-16-36-24(34)17-19-5-3-2-4-6-19/h2-14H,15-17H2,1H3. The topological polar surface area (TPSA) is 78.3 Å². The van der Waals surface area contributed by atoms with Crippen molar-refractivity contribution in [3.8, 4) is 22.4 Å². The van der Waals surface area contributed by atoms with E-state index in [1.165, 1.54) is 6.92 Å². The fourth-order valence-corrected chi connectivity index (χ4v) is 4.07. The second-order valence-corrected chi connectivity index (χ2v) is 8.95. The maximum absolute atomic E-state index is 13.4. The lowest BCUT2D eigenvalue weighted by Gasteiger charge is -2.16. The van der Waals surface area contributed by atoms with Crippen molar-refractivity contribution in [1.82, 2.24) is 9.78 Å². The van der Waals surface area contributed by atoms with Crippen LogP contribution in [0, 0.1) is 0 Å². The van der Waals surface area contributed by atoms with Crippen molar-refractivity contribution in [3.05, 3.63) is 110 Å². The lowest BCUT2D eigenvalue weighted by molar-refractivity contribution is -0.143. The van der Waals surface area contributed by atoms with E-state index >= 15 is 0 Å². The zero-order valence-electron chi connectivity index (χ0n) is 19.4. The number of esters is 1. The normalized spacial score (nSPS) is 10.8. The largest absolute Gasteiger partial charge is 0.463 e. The number of ether oxygens (including phenoxy) is 1. The van der Waals surface area contributed by atoms with Crippen LogP contribution in [-0.4, -0.2) is 28.1 Å². The van der Waals surface area contributed by atoms with Gasteiger partial charge in [-0.05, 0) is 42.3 Å². The van der Waals surface area contributed by atoms with Crippen LogP contribution in [0.4, 0.5) is 0 Å². The van der Waals surface area contributed by atoms with E-state index in [4.69, 9.17) is 27.9 Å². The molecule has 0 unspecified atom stereocenters. The van der Waals surface area contributed by atoms with E-state index in [1.54, 1.807) is 48.5 Å². The predicted molar refractivity (Wildman–Crippen MR) is 140 cm³/mol. The van der Waals surface area contributed by atoms with Crippen molar-refractivity contribution in [1.29, 1.82) is 0 Å². The monoisotopic (exact) mass is 520 g/mol. The number of aromatic nitrogens is 2. The van der Waals surface area contributed by atoms with Crippen molar-refractivity contribution >= 4 is 35.0 Å². The fourth-order valence-electron chi connectivity index (χ4n) is 3.82. The highest BCUT2D eigenvalue weighted by molar-refractivity contribution is 6.31.